The van der Waals surface area contributed by atoms with Crippen molar-refractivity contribution >= 4 is 17.6 Å². The lowest BCUT2D eigenvalue weighted by Gasteiger charge is -2.08. The number of ether oxygens (including phenoxy) is 1. The molecule has 0 aliphatic carbocycles. The van der Waals surface area contributed by atoms with E-state index in [1.165, 1.54) is 24.3 Å². The van der Waals surface area contributed by atoms with E-state index in [0.717, 1.165) is 12.1 Å². The van der Waals surface area contributed by atoms with Gasteiger partial charge < -0.3 is 9.84 Å². The van der Waals surface area contributed by atoms with Crippen molar-refractivity contribution in [2.45, 2.75) is 12.8 Å². The lowest BCUT2D eigenvalue weighted by atomic mass is 10.0. The van der Waals surface area contributed by atoms with Crippen molar-refractivity contribution in [3.63, 3.8) is 0 Å². The summed E-state index contributed by atoms with van der Waals surface area (Å²) in [5.41, 5.74) is 1.40. The Morgan fingerprint density at radius 3 is 2.26 bits per heavy atom. The third kappa shape index (κ3) is 5.73. The molecule has 3 rings (SSSR count). The van der Waals surface area contributed by atoms with Gasteiger partial charge in [0.25, 0.3) is 0 Å². The first-order valence-corrected chi connectivity index (χ1v) is 9.11. The highest BCUT2D eigenvalue weighted by molar-refractivity contribution is 5.89. The molecular weight excluding hydrogens is 407 g/mol. The zero-order chi connectivity index (χ0) is 22.4. The molecule has 1 N–H and O–H groups in total. The summed E-state index contributed by atoms with van der Waals surface area (Å²) in [5, 5.41) is 18.4. The zero-order valence-electron chi connectivity index (χ0n) is 16.1. The molecule has 31 heavy (non-hydrogen) atoms. The van der Waals surface area contributed by atoms with Crippen LogP contribution < -0.4 is 4.74 Å². The molecule has 3 aromatic rings. The Morgan fingerprint density at radius 1 is 1.00 bits per heavy atom. The highest BCUT2D eigenvalue weighted by Crippen LogP contribution is 2.30. The summed E-state index contributed by atoms with van der Waals surface area (Å²) >= 11 is 0. The SMILES string of the molecule is N#C/C(=C/c1ccc(OCc2cccc(C(=O)O)c2)cc1)c1ccc(C(F)(F)F)cc1. The predicted octanol–water partition coefficient (Wildman–Crippen LogP) is 6.05. The minimum absolute atomic E-state index is 0.175. The molecule has 0 aromatic heterocycles. The first-order chi connectivity index (χ1) is 14.8. The van der Waals surface area contributed by atoms with Crippen LogP contribution in [0.25, 0.3) is 11.6 Å². The van der Waals surface area contributed by atoms with E-state index in [9.17, 15) is 23.2 Å². The number of nitriles is 1. The zero-order valence-corrected chi connectivity index (χ0v) is 16.1. The quantitative estimate of drug-likeness (QED) is 0.387. The number of carboxylic acid groups (broad SMARTS) is 1. The molecule has 0 atom stereocenters. The molecule has 0 heterocycles. The van der Waals surface area contributed by atoms with Gasteiger partial charge in [0.05, 0.1) is 22.8 Å². The Labute approximate surface area is 176 Å². The fourth-order valence-electron chi connectivity index (χ4n) is 2.81. The second-order valence-electron chi connectivity index (χ2n) is 6.61. The van der Waals surface area contributed by atoms with Crippen molar-refractivity contribution in [3.05, 3.63) is 101 Å². The molecule has 3 aromatic carbocycles. The minimum atomic E-state index is -4.43. The second kappa shape index (κ2) is 9.18. The lowest BCUT2D eigenvalue weighted by Crippen LogP contribution is -2.04. The Morgan fingerprint density at radius 2 is 1.68 bits per heavy atom. The van der Waals surface area contributed by atoms with Crippen LogP contribution in [0.1, 0.15) is 32.6 Å². The highest BCUT2D eigenvalue weighted by Gasteiger charge is 2.30. The molecule has 0 bridgehead atoms. The Balaban J connectivity index is 1.70. The fourth-order valence-corrected chi connectivity index (χ4v) is 2.81. The smallest absolute Gasteiger partial charge is 0.416 e. The number of alkyl halides is 3. The van der Waals surface area contributed by atoms with E-state index in [2.05, 4.69) is 0 Å². The number of hydrogen-bond donors (Lipinski definition) is 1. The fraction of sp³-hybridized carbons (Fsp3) is 0.0833. The molecule has 0 saturated carbocycles. The van der Waals surface area contributed by atoms with Gasteiger partial charge in [-0.2, -0.15) is 18.4 Å². The van der Waals surface area contributed by atoms with E-state index >= 15 is 0 Å². The van der Waals surface area contributed by atoms with Crippen LogP contribution >= 0.6 is 0 Å². The van der Waals surface area contributed by atoms with E-state index < -0.39 is 17.7 Å². The average Bonchev–Trinajstić information content (AvgIpc) is 2.76. The van der Waals surface area contributed by atoms with Gasteiger partial charge in [-0.15, -0.1) is 0 Å². The van der Waals surface area contributed by atoms with E-state index in [-0.39, 0.29) is 17.7 Å². The third-order valence-corrected chi connectivity index (χ3v) is 4.41. The number of allylic oxidation sites excluding steroid dienone is 1. The van der Waals surface area contributed by atoms with Gasteiger partial charge in [-0.3, -0.25) is 0 Å². The van der Waals surface area contributed by atoms with Gasteiger partial charge in [0, 0.05) is 0 Å². The van der Waals surface area contributed by atoms with E-state index in [1.807, 2.05) is 6.07 Å². The first-order valence-electron chi connectivity index (χ1n) is 9.11. The minimum Gasteiger partial charge on any atom is -0.489 e. The largest absolute Gasteiger partial charge is 0.489 e. The molecular formula is C24H16F3NO3. The molecule has 4 nitrogen and oxygen atoms in total. The standard InChI is InChI=1S/C24H16F3NO3/c25-24(26,27)21-8-6-18(7-9-21)20(14-28)12-16-4-10-22(11-5-16)31-15-17-2-1-3-19(13-17)23(29)30/h1-13H,15H2,(H,29,30)/b20-12-. The van der Waals surface area contributed by atoms with Crippen LogP contribution in [0.3, 0.4) is 0 Å². The monoisotopic (exact) mass is 423 g/mol. The Bertz CT molecular complexity index is 1140. The molecule has 7 heteroatoms. The van der Waals surface area contributed by atoms with Crippen LogP contribution in [-0.4, -0.2) is 11.1 Å². The number of carboxylic acids is 1. The number of aromatic carboxylic acids is 1. The van der Waals surface area contributed by atoms with Crippen molar-refractivity contribution in [1.29, 1.82) is 5.26 Å². The van der Waals surface area contributed by atoms with Gasteiger partial charge in [0.1, 0.15) is 12.4 Å². The van der Waals surface area contributed by atoms with Crippen molar-refractivity contribution in [1.82, 2.24) is 0 Å². The number of nitrogens with zero attached hydrogens (tertiary/aromatic N) is 1. The molecule has 0 aliphatic heterocycles. The molecule has 0 amide bonds. The Hall–Kier alpha value is -4.05. The van der Waals surface area contributed by atoms with E-state index in [4.69, 9.17) is 9.84 Å². The van der Waals surface area contributed by atoms with Crippen LogP contribution in [0, 0.1) is 11.3 Å². The maximum atomic E-state index is 12.7. The molecule has 0 radical (unpaired) electrons. The van der Waals surface area contributed by atoms with Gasteiger partial charge in [-0.05, 0) is 59.2 Å². The molecule has 0 saturated heterocycles. The normalized spacial score (nSPS) is 11.6. The molecule has 156 valence electrons. The van der Waals surface area contributed by atoms with Gasteiger partial charge in [0.15, 0.2) is 0 Å². The third-order valence-electron chi connectivity index (χ3n) is 4.41. The van der Waals surface area contributed by atoms with Gasteiger partial charge >= 0.3 is 12.1 Å². The topological polar surface area (TPSA) is 70.3 Å². The number of rotatable bonds is 6. The summed E-state index contributed by atoms with van der Waals surface area (Å²) < 4.78 is 43.7. The first kappa shape index (κ1) is 21.7. The van der Waals surface area contributed by atoms with Crippen LogP contribution in [0.15, 0.2) is 72.8 Å². The van der Waals surface area contributed by atoms with Crippen LogP contribution in [0.5, 0.6) is 5.75 Å². The van der Waals surface area contributed by atoms with Crippen molar-refractivity contribution in [2.24, 2.45) is 0 Å². The van der Waals surface area contributed by atoms with Crippen LogP contribution in [-0.2, 0) is 12.8 Å². The number of benzene rings is 3. The van der Waals surface area contributed by atoms with Crippen LogP contribution in [0.4, 0.5) is 13.2 Å². The predicted molar refractivity (Wildman–Crippen MR) is 109 cm³/mol. The lowest BCUT2D eigenvalue weighted by molar-refractivity contribution is -0.137. The van der Waals surface area contributed by atoms with Crippen molar-refractivity contribution in [2.75, 3.05) is 0 Å². The summed E-state index contributed by atoms with van der Waals surface area (Å²) in [6.45, 7) is 0.186. The van der Waals surface area contributed by atoms with Gasteiger partial charge in [0.2, 0.25) is 0 Å². The summed E-state index contributed by atoms with van der Waals surface area (Å²) in [5.74, 6) is -0.467. The number of halogens is 3. The Kier molecular flexibility index (Phi) is 6.41. The summed E-state index contributed by atoms with van der Waals surface area (Å²) in [6, 6.07) is 19.6. The van der Waals surface area contributed by atoms with E-state index in [0.29, 0.717) is 22.4 Å². The summed E-state index contributed by atoms with van der Waals surface area (Å²) in [7, 11) is 0. The molecule has 0 unspecified atom stereocenters. The van der Waals surface area contributed by atoms with Gasteiger partial charge in [-0.25, -0.2) is 4.79 Å². The van der Waals surface area contributed by atoms with Gasteiger partial charge in [-0.1, -0.05) is 36.4 Å². The second-order valence-corrected chi connectivity index (χ2v) is 6.61. The summed E-state index contributed by atoms with van der Waals surface area (Å²) in [6.07, 6.45) is -2.86. The molecule has 0 spiro atoms. The van der Waals surface area contributed by atoms with E-state index in [1.54, 1.807) is 42.5 Å². The molecule has 0 fully saturated rings. The number of hydrogen-bond acceptors (Lipinski definition) is 3. The maximum absolute atomic E-state index is 12.7. The summed E-state index contributed by atoms with van der Waals surface area (Å²) in [4.78, 5) is 11.0. The van der Waals surface area contributed by atoms with Crippen molar-refractivity contribution < 1.29 is 27.8 Å². The maximum Gasteiger partial charge on any atom is 0.416 e. The average molecular weight is 423 g/mol. The number of carbonyl (C=O) groups is 1. The highest BCUT2D eigenvalue weighted by atomic mass is 19.4. The van der Waals surface area contributed by atoms with Crippen LogP contribution in [0.2, 0.25) is 0 Å². The van der Waals surface area contributed by atoms with Crippen molar-refractivity contribution in [3.8, 4) is 11.8 Å². The molecule has 0 aliphatic rings.